The number of carbonyl (C=O) groups excluding carboxylic acids is 1. The van der Waals surface area contributed by atoms with Crippen LogP contribution in [-0.2, 0) is 4.79 Å². The molecule has 3 rings (SSSR count). The molecule has 3 nitrogen and oxygen atoms in total. The molecular weight excluding hydrogens is 236 g/mol. The van der Waals surface area contributed by atoms with Gasteiger partial charge in [0.05, 0.1) is 11.7 Å². The lowest BCUT2D eigenvalue weighted by molar-refractivity contribution is -0.110. The zero-order valence-electron chi connectivity index (χ0n) is 10.6. The number of amides is 1. The van der Waals surface area contributed by atoms with Crippen LogP contribution >= 0.6 is 0 Å². The van der Waals surface area contributed by atoms with Crippen molar-refractivity contribution in [3.63, 3.8) is 0 Å². The molecule has 0 aromatic heterocycles. The number of carbonyl (C=O) groups is 1. The Morgan fingerprint density at radius 1 is 1.00 bits per heavy atom. The average Bonchev–Trinajstić information content (AvgIpc) is 2.76. The molecule has 19 heavy (non-hydrogen) atoms. The van der Waals surface area contributed by atoms with Crippen LogP contribution < -0.4 is 5.32 Å². The standard InChI is InChI=1S/C16H14N2O/c1-11(12-7-3-2-4-8-12)17-15-13-9-5-6-10-14(13)18-16(15)19/h2-11H,1H3,(H,17,18,19). The van der Waals surface area contributed by atoms with Crippen LogP contribution in [0.5, 0.6) is 0 Å². The smallest absolute Gasteiger partial charge is 0.274 e. The third kappa shape index (κ3) is 2.15. The Labute approximate surface area is 112 Å². The van der Waals surface area contributed by atoms with E-state index in [1.54, 1.807) is 0 Å². The van der Waals surface area contributed by atoms with E-state index in [4.69, 9.17) is 0 Å². The predicted molar refractivity (Wildman–Crippen MR) is 76.5 cm³/mol. The lowest BCUT2D eigenvalue weighted by Crippen LogP contribution is -2.15. The van der Waals surface area contributed by atoms with Crippen LogP contribution in [0, 0.1) is 0 Å². The van der Waals surface area contributed by atoms with Crippen molar-refractivity contribution in [2.75, 3.05) is 5.32 Å². The number of hydrogen-bond donors (Lipinski definition) is 1. The Morgan fingerprint density at radius 2 is 1.68 bits per heavy atom. The number of fused-ring (bicyclic) bond motifs is 1. The van der Waals surface area contributed by atoms with Crippen LogP contribution in [0.2, 0.25) is 0 Å². The van der Waals surface area contributed by atoms with Gasteiger partial charge in [-0.1, -0.05) is 48.5 Å². The van der Waals surface area contributed by atoms with Gasteiger partial charge in [-0.15, -0.1) is 0 Å². The number of aliphatic imine (C=N–C) groups is 1. The molecule has 1 aliphatic heterocycles. The van der Waals surface area contributed by atoms with Gasteiger partial charge < -0.3 is 5.32 Å². The first-order valence-electron chi connectivity index (χ1n) is 6.29. The van der Waals surface area contributed by atoms with E-state index < -0.39 is 0 Å². The maximum Gasteiger partial charge on any atom is 0.274 e. The molecule has 1 N–H and O–H groups in total. The predicted octanol–water partition coefficient (Wildman–Crippen LogP) is 3.19. The van der Waals surface area contributed by atoms with Crippen molar-refractivity contribution < 1.29 is 4.79 Å². The minimum absolute atomic E-state index is 0.0342. The lowest BCUT2D eigenvalue weighted by atomic mass is 10.1. The van der Waals surface area contributed by atoms with Crippen molar-refractivity contribution in [2.45, 2.75) is 13.0 Å². The summed E-state index contributed by atoms with van der Waals surface area (Å²) in [6, 6.07) is 17.6. The highest BCUT2D eigenvalue weighted by molar-refractivity contribution is 6.53. The highest BCUT2D eigenvalue weighted by Gasteiger charge is 2.25. The maximum absolute atomic E-state index is 12.0. The fourth-order valence-corrected chi connectivity index (χ4v) is 2.23. The van der Waals surface area contributed by atoms with Crippen LogP contribution in [0.25, 0.3) is 0 Å². The Hall–Kier alpha value is -2.42. The number of anilines is 1. The third-order valence-electron chi connectivity index (χ3n) is 3.25. The third-order valence-corrected chi connectivity index (χ3v) is 3.25. The number of nitrogens with one attached hydrogen (secondary N) is 1. The molecule has 1 heterocycles. The Balaban J connectivity index is 1.98. The van der Waals surface area contributed by atoms with Gasteiger partial charge in [0.25, 0.3) is 5.91 Å². The van der Waals surface area contributed by atoms with Crippen molar-refractivity contribution >= 4 is 17.3 Å². The molecule has 0 saturated carbocycles. The van der Waals surface area contributed by atoms with E-state index in [1.165, 1.54) is 0 Å². The molecule has 1 amide bonds. The van der Waals surface area contributed by atoms with Crippen LogP contribution in [0.1, 0.15) is 24.1 Å². The molecule has 1 aliphatic rings. The highest BCUT2D eigenvalue weighted by Crippen LogP contribution is 2.25. The SMILES string of the molecule is CC(N=C1C(=O)Nc2ccccc21)c1ccccc1. The summed E-state index contributed by atoms with van der Waals surface area (Å²) in [4.78, 5) is 16.5. The van der Waals surface area contributed by atoms with Gasteiger partial charge in [0.15, 0.2) is 0 Å². The van der Waals surface area contributed by atoms with Crippen molar-refractivity contribution in [1.29, 1.82) is 0 Å². The van der Waals surface area contributed by atoms with Gasteiger partial charge in [-0.25, -0.2) is 0 Å². The second-order valence-corrected chi connectivity index (χ2v) is 4.56. The minimum Gasteiger partial charge on any atom is -0.320 e. The molecule has 2 aromatic rings. The largest absolute Gasteiger partial charge is 0.320 e. The van der Waals surface area contributed by atoms with Crippen LogP contribution in [0.4, 0.5) is 5.69 Å². The first kappa shape index (κ1) is 11.7. The zero-order chi connectivity index (χ0) is 13.2. The first-order valence-corrected chi connectivity index (χ1v) is 6.29. The van der Waals surface area contributed by atoms with Gasteiger partial charge in [0, 0.05) is 5.56 Å². The van der Waals surface area contributed by atoms with Gasteiger partial charge in [0.2, 0.25) is 0 Å². The molecule has 0 radical (unpaired) electrons. The number of nitrogens with zero attached hydrogens (tertiary/aromatic N) is 1. The van der Waals surface area contributed by atoms with E-state index in [2.05, 4.69) is 10.3 Å². The molecule has 1 unspecified atom stereocenters. The molecule has 0 aliphatic carbocycles. The summed E-state index contributed by atoms with van der Waals surface area (Å²) >= 11 is 0. The zero-order valence-corrected chi connectivity index (χ0v) is 10.6. The van der Waals surface area contributed by atoms with Crippen LogP contribution in [0.15, 0.2) is 59.6 Å². The molecule has 2 aromatic carbocycles. The minimum atomic E-state index is -0.121. The second kappa shape index (κ2) is 4.69. The fraction of sp³-hybridized carbons (Fsp3) is 0.125. The van der Waals surface area contributed by atoms with E-state index in [1.807, 2.05) is 61.5 Å². The Kier molecular flexibility index (Phi) is 2.88. The fourth-order valence-electron chi connectivity index (χ4n) is 2.23. The molecule has 0 bridgehead atoms. The average molecular weight is 250 g/mol. The summed E-state index contributed by atoms with van der Waals surface area (Å²) in [6.07, 6.45) is 0. The van der Waals surface area contributed by atoms with Crippen molar-refractivity contribution in [1.82, 2.24) is 0 Å². The monoisotopic (exact) mass is 250 g/mol. The van der Waals surface area contributed by atoms with Crippen molar-refractivity contribution in [3.05, 3.63) is 65.7 Å². The van der Waals surface area contributed by atoms with E-state index >= 15 is 0 Å². The Bertz CT molecular complexity index is 647. The van der Waals surface area contributed by atoms with Crippen LogP contribution in [-0.4, -0.2) is 11.6 Å². The molecular formula is C16H14N2O. The van der Waals surface area contributed by atoms with Gasteiger partial charge in [0.1, 0.15) is 5.71 Å². The summed E-state index contributed by atoms with van der Waals surface area (Å²) in [6.45, 7) is 2.00. The second-order valence-electron chi connectivity index (χ2n) is 4.56. The molecule has 3 heteroatoms. The summed E-state index contributed by atoms with van der Waals surface area (Å²) in [7, 11) is 0. The van der Waals surface area contributed by atoms with E-state index in [-0.39, 0.29) is 11.9 Å². The number of hydrogen-bond acceptors (Lipinski definition) is 2. The summed E-state index contributed by atoms with van der Waals surface area (Å²) < 4.78 is 0. The number of rotatable bonds is 2. The molecule has 0 fully saturated rings. The van der Waals surface area contributed by atoms with Crippen molar-refractivity contribution in [3.8, 4) is 0 Å². The normalized spacial score (nSPS) is 17.1. The summed E-state index contributed by atoms with van der Waals surface area (Å²) in [5, 5.41) is 2.83. The molecule has 1 atom stereocenters. The van der Waals surface area contributed by atoms with Gasteiger partial charge in [-0.3, -0.25) is 9.79 Å². The van der Waals surface area contributed by atoms with E-state index in [0.717, 1.165) is 16.8 Å². The molecule has 94 valence electrons. The number of para-hydroxylation sites is 1. The first-order chi connectivity index (χ1) is 9.25. The lowest BCUT2D eigenvalue weighted by Gasteiger charge is -2.07. The topological polar surface area (TPSA) is 41.5 Å². The number of benzene rings is 2. The van der Waals surface area contributed by atoms with Gasteiger partial charge in [-0.05, 0) is 18.6 Å². The van der Waals surface area contributed by atoms with E-state index in [0.29, 0.717) is 5.71 Å². The quantitative estimate of drug-likeness (QED) is 0.873. The summed E-state index contributed by atoms with van der Waals surface area (Å²) in [5.74, 6) is -0.121. The maximum atomic E-state index is 12.0. The molecule has 0 spiro atoms. The van der Waals surface area contributed by atoms with E-state index in [9.17, 15) is 4.79 Å². The summed E-state index contributed by atoms with van der Waals surface area (Å²) in [5.41, 5.74) is 3.35. The van der Waals surface area contributed by atoms with Crippen molar-refractivity contribution in [2.24, 2.45) is 4.99 Å². The molecule has 0 saturated heterocycles. The highest BCUT2D eigenvalue weighted by atomic mass is 16.2. The van der Waals surface area contributed by atoms with Gasteiger partial charge in [-0.2, -0.15) is 0 Å². The van der Waals surface area contributed by atoms with Gasteiger partial charge >= 0.3 is 0 Å². The van der Waals surface area contributed by atoms with Crippen LogP contribution in [0.3, 0.4) is 0 Å². The Morgan fingerprint density at radius 3 is 2.47 bits per heavy atom.